The SMILES string of the molecule is CCC(N)Cc1ccccc1OCCC(C)(C)C. The third-order valence-corrected chi connectivity index (χ3v) is 3.09. The number of ether oxygens (including phenoxy) is 1. The van der Waals surface area contributed by atoms with Crippen molar-refractivity contribution in [3.05, 3.63) is 29.8 Å². The van der Waals surface area contributed by atoms with Gasteiger partial charge in [-0.3, -0.25) is 0 Å². The standard InChI is InChI=1S/C16H27NO/c1-5-14(17)12-13-8-6-7-9-15(13)18-11-10-16(2,3)4/h6-9,14H,5,10-12,17H2,1-4H3. The highest BCUT2D eigenvalue weighted by molar-refractivity contribution is 5.33. The summed E-state index contributed by atoms with van der Waals surface area (Å²) in [5.41, 5.74) is 7.55. The van der Waals surface area contributed by atoms with Crippen LogP contribution in [0.5, 0.6) is 5.75 Å². The van der Waals surface area contributed by atoms with Crippen LogP contribution in [-0.4, -0.2) is 12.6 Å². The largest absolute Gasteiger partial charge is 0.493 e. The van der Waals surface area contributed by atoms with Gasteiger partial charge in [0.2, 0.25) is 0 Å². The van der Waals surface area contributed by atoms with Gasteiger partial charge in [-0.15, -0.1) is 0 Å². The maximum absolute atomic E-state index is 6.02. The van der Waals surface area contributed by atoms with Crippen LogP contribution in [-0.2, 0) is 6.42 Å². The van der Waals surface area contributed by atoms with Crippen molar-refractivity contribution in [2.24, 2.45) is 11.1 Å². The van der Waals surface area contributed by atoms with Crippen LogP contribution in [0, 0.1) is 5.41 Å². The summed E-state index contributed by atoms with van der Waals surface area (Å²) >= 11 is 0. The highest BCUT2D eigenvalue weighted by atomic mass is 16.5. The fraction of sp³-hybridized carbons (Fsp3) is 0.625. The van der Waals surface area contributed by atoms with E-state index in [1.807, 2.05) is 18.2 Å². The monoisotopic (exact) mass is 249 g/mol. The predicted octanol–water partition coefficient (Wildman–Crippen LogP) is 3.78. The Balaban J connectivity index is 2.59. The van der Waals surface area contributed by atoms with Gasteiger partial charge in [-0.2, -0.15) is 0 Å². The molecule has 0 aromatic heterocycles. The van der Waals surface area contributed by atoms with Crippen molar-refractivity contribution in [2.75, 3.05) is 6.61 Å². The van der Waals surface area contributed by atoms with Crippen LogP contribution >= 0.6 is 0 Å². The zero-order chi connectivity index (χ0) is 13.6. The van der Waals surface area contributed by atoms with E-state index in [0.717, 1.165) is 31.6 Å². The third kappa shape index (κ3) is 5.54. The van der Waals surface area contributed by atoms with E-state index in [4.69, 9.17) is 10.5 Å². The first kappa shape index (κ1) is 15.0. The lowest BCUT2D eigenvalue weighted by Gasteiger charge is -2.19. The Kier molecular flexibility index (Phi) is 5.67. The van der Waals surface area contributed by atoms with Gasteiger partial charge in [0.25, 0.3) is 0 Å². The molecule has 1 aromatic carbocycles. The van der Waals surface area contributed by atoms with Gasteiger partial charge in [0.05, 0.1) is 6.61 Å². The molecule has 0 aliphatic rings. The molecule has 1 unspecified atom stereocenters. The van der Waals surface area contributed by atoms with Crippen LogP contribution in [0.4, 0.5) is 0 Å². The Morgan fingerprint density at radius 3 is 2.50 bits per heavy atom. The van der Waals surface area contributed by atoms with Gasteiger partial charge < -0.3 is 10.5 Å². The fourth-order valence-corrected chi connectivity index (χ4v) is 1.71. The molecule has 18 heavy (non-hydrogen) atoms. The van der Waals surface area contributed by atoms with Crippen molar-refractivity contribution in [3.8, 4) is 5.75 Å². The minimum Gasteiger partial charge on any atom is -0.493 e. The summed E-state index contributed by atoms with van der Waals surface area (Å²) in [4.78, 5) is 0. The number of nitrogens with two attached hydrogens (primary N) is 1. The molecule has 2 nitrogen and oxygen atoms in total. The van der Waals surface area contributed by atoms with Crippen LogP contribution in [0.15, 0.2) is 24.3 Å². The maximum Gasteiger partial charge on any atom is 0.122 e. The fourth-order valence-electron chi connectivity index (χ4n) is 1.71. The van der Waals surface area contributed by atoms with Gasteiger partial charge in [-0.05, 0) is 36.3 Å². The quantitative estimate of drug-likeness (QED) is 0.832. The summed E-state index contributed by atoms with van der Waals surface area (Å²) in [5.74, 6) is 0.991. The van der Waals surface area contributed by atoms with Crippen molar-refractivity contribution in [3.63, 3.8) is 0 Å². The highest BCUT2D eigenvalue weighted by Gasteiger charge is 2.11. The number of rotatable bonds is 6. The molecule has 0 radical (unpaired) electrons. The zero-order valence-electron chi connectivity index (χ0n) is 12.2. The van der Waals surface area contributed by atoms with Crippen molar-refractivity contribution in [2.45, 2.75) is 53.0 Å². The Morgan fingerprint density at radius 1 is 1.22 bits per heavy atom. The molecule has 0 bridgehead atoms. The third-order valence-electron chi connectivity index (χ3n) is 3.09. The van der Waals surface area contributed by atoms with Crippen molar-refractivity contribution < 1.29 is 4.74 Å². The smallest absolute Gasteiger partial charge is 0.122 e. The molecule has 0 fully saturated rings. The van der Waals surface area contributed by atoms with E-state index in [9.17, 15) is 0 Å². The van der Waals surface area contributed by atoms with E-state index in [0.29, 0.717) is 5.41 Å². The molecule has 0 aliphatic heterocycles. The molecule has 0 saturated carbocycles. The second-order valence-electron chi connectivity index (χ2n) is 6.14. The molecule has 1 rings (SSSR count). The lowest BCUT2D eigenvalue weighted by atomic mass is 9.93. The second kappa shape index (κ2) is 6.79. The molecule has 0 heterocycles. The summed E-state index contributed by atoms with van der Waals surface area (Å²) in [5, 5.41) is 0. The van der Waals surface area contributed by atoms with Gasteiger partial charge in [0.15, 0.2) is 0 Å². The molecule has 1 aromatic rings. The first-order chi connectivity index (χ1) is 8.42. The number of benzene rings is 1. The number of hydrogen-bond acceptors (Lipinski definition) is 2. The normalized spacial score (nSPS) is 13.4. The second-order valence-corrected chi connectivity index (χ2v) is 6.14. The average molecular weight is 249 g/mol. The van der Waals surface area contributed by atoms with Gasteiger partial charge in [-0.25, -0.2) is 0 Å². The van der Waals surface area contributed by atoms with E-state index < -0.39 is 0 Å². The van der Waals surface area contributed by atoms with Gasteiger partial charge in [0.1, 0.15) is 5.75 Å². The molecule has 0 aliphatic carbocycles. The predicted molar refractivity (Wildman–Crippen MR) is 78.0 cm³/mol. The van der Waals surface area contributed by atoms with Gasteiger partial charge in [-0.1, -0.05) is 45.9 Å². The number of hydrogen-bond donors (Lipinski definition) is 1. The highest BCUT2D eigenvalue weighted by Crippen LogP contribution is 2.23. The maximum atomic E-state index is 6.02. The lowest BCUT2D eigenvalue weighted by Crippen LogP contribution is -2.22. The molecule has 2 N–H and O–H groups in total. The van der Waals surface area contributed by atoms with Crippen molar-refractivity contribution in [1.82, 2.24) is 0 Å². The molecule has 102 valence electrons. The summed E-state index contributed by atoms with van der Waals surface area (Å²) in [6.07, 6.45) is 2.94. The summed E-state index contributed by atoms with van der Waals surface area (Å²) in [7, 11) is 0. The van der Waals surface area contributed by atoms with E-state index in [2.05, 4.69) is 33.8 Å². The summed E-state index contributed by atoms with van der Waals surface area (Å²) < 4.78 is 5.90. The van der Waals surface area contributed by atoms with E-state index in [-0.39, 0.29) is 6.04 Å². The Hall–Kier alpha value is -1.02. The molecular formula is C16H27NO. The molecule has 0 amide bonds. The summed E-state index contributed by atoms with van der Waals surface area (Å²) in [6.45, 7) is 9.58. The van der Waals surface area contributed by atoms with Gasteiger partial charge in [0, 0.05) is 6.04 Å². The minimum atomic E-state index is 0.220. The molecule has 0 saturated heterocycles. The van der Waals surface area contributed by atoms with E-state index in [1.165, 1.54) is 5.56 Å². The Labute approximate surface area is 112 Å². The van der Waals surface area contributed by atoms with Crippen LogP contribution in [0.2, 0.25) is 0 Å². The van der Waals surface area contributed by atoms with Crippen LogP contribution < -0.4 is 10.5 Å². The molecular weight excluding hydrogens is 222 g/mol. The first-order valence-electron chi connectivity index (χ1n) is 6.88. The first-order valence-corrected chi connectivity index (χ1v) is 6.88. The molecule has 1 atom stereocenters. The molecule has 0 spiro atoms. The number of para-hydroxylation sites is 1. The van der Waals surface area contributed by atoms with Gasteiger partial charge >= 0.3 is 0 Å². The lowest BCUT2D eigenvalue weighted by molar-refractivity contribution is 0.241. The van der Waals surface area contributed by atoms with Crippen molar-refractivity contribution >= 4 is 0 Å². The molecule has 2 heteroatoms. The Morgan fingerprint density at radius 2 is 1.89 bits per heavy atom. The van der Waals surface area contributed by atoms with Crippen LogP contribution in [0.1, 0.15) is 46.1 Å². The van der Waals surface area contributed by atoms with E-state index in [1.54, 1.807) is 0 Å². The van der Waals surface area contributed by atoms with Crippen LogP contribution in [0.25, 0.3) is 0 Å². The van der Waals surface area contributed by atoms with E-state index >= 15 is 0 Å². The topological polar surface area (TPSA) is 35.2 Å². The average Bonchev–Trinajstić information content (AvgIpc) is 2.29. The minimum absolute atomic E-state index is 0.220. The van der Waals surface area contributed by atoms with Crippen LogP contribution in [0.3, 0.4) is 0 Å². The Bertz CT molecular complexity index is 354. The summed E-state index contributed by atoms with van der Waals surface area (Å²) in [6, 6.07) is 8.45. The van der Waals surface area contributed by atoms with Crippen molar-refractivity contribution in [1.29, 1.82) is 0 Å². The zero-order valence-corrected chi connectivity index (χ0v) is 12.2.